The molecule has 0 unspecified atom stereocenters. The average molecular weight is 351 g/mol. The van der Waals surface area contributed by atoms with Gasteiger partial charge >= 0.3 is 0 Å². The SMILES string of the molecule is O=C(CSc1ccc(F)cc1)Nc1ccccc1Cc1ccccc1. The molecule has 25 heavy (non-hydrogen) atoms. The molecule has 1 N–H and O–H groups in total. The second-order valence-corrected chi connectivity index (χ2v) is 6.66. The van der Waals surface area contributed by atoms with Crippen LogP contribution in [0.15, 0.2) is 83.8 Å². The number of rotatable bonds is 6. The Morgan fingerprint density at radius 1 is 0.880 bits per heavy atom. The fourth-order valence-corrected chi connectivity index (χ4v) is 3.18. The van der Waals surface area contributed by atoms with Crippen LogP contribution in [0.25, 0.3) is 0 Å². The highest BCUT2D eigenvalue weighted by atomic mass is 32.2. The zero-order valence-corrected chi connectivity index (χ0v) is 14.4. The molecule has 0 atom stereocenters. The van der Waals surface area contributed by atoms with Gasteiger partial charge in [0.05, 0.1) is 5.75 Å². The van der Waals surface area contributed by atoms with Crippen LogP contribution in [0, 0.1) is 5.82 Å². The Morgan fingerprint density at radius 2 is 1.56 bits per heavy atom. The largest absolute Gasteiger partial charge is 0.325 e. The standard InChI is InChI=1S/C21H18FNOS/c22-18-10-12-19(13-11-18)25-15-21(24)23-20-9-5-4-8-17(20)14-16-6-2-1-3-7-16/h1-13H,14-15H2,(H,23,24). The van der Waals surface area contributed by atoms with Crippen LogP contribution in [0.3, 0.4) is 0 Å². The average Bonchev–Trinajstić information content (AvgIpc) is 2.64. The van der Waals surface area contributed by atoms with Gasteiger partial charge in [-0.1, -0.05) is 48.5 Å². The number of benzene rings is 3. The molecule has 0 aliphatic rings. The van der Waals surface area contributed by atoms with Crippen LogP contribution in [0.4, 0.5) is 10.1 Å². The quantitative estimate of drug-likeness (QED) is 0.623. The lowest BCUT2D eigenvalue weighted by Crippen LogP contribution is -2.15. The van der Waals surface area contributed by atoms with Crippen LogP contribution in [-0.2, 0) is 11.2 Å². The Kier molecular flexibility index (Phi) is 5.86. The number of carbonyl (C=O) groups excluding carboxylic acids is 1. The third kappa shape index (κ3) is 5.19. The monoisotopic (exact) mass is 351 g/mol. The summed E-state index contributed by atoms with van der Waals surface area (Å²) in [6, 6.07) is 24.1. The van der Waals surface area contributed by atoms with Crippen LogP contribution >= 0.6 is 11.8 Å². The van der Waals surface area contributed by atoms with Crippen molar-refractivity contribution in [3.63, 3.8) is 0 Å². The van der Waals surface area contributed by atoms with E-state index < -0.39 is 0 Å². The lowest BCUT2D eigenvalue weighted by molar-refractivity contribution is -0.113. The first-order valence-electron chi connectivity index (χ1n) is 8.01. The second-order valence-electron chi connectivity index (χ2n) is 5.61. The fourth-order valence-electron chi connectivity index (χ4n) is 2.48. The van der Waals surface area contributed by atoms with E-state index in [1.165, 1.54) is 29.5 Å². The molecule has 3 aromatic carbocycles. The van der Waals surface area contributed by atoms with Gasteiger partial charge in [0.2, 0.25) is 5.91 Å². The fraction of sp³-hybridized carbons (Fsp3) is 0.0952. The maximum Gasteiger partial charge on any atom is 0.234 e. The van der Waals surface area contributed by atoms with E-state index in [9.17, 15) is 9.18 Å². The van der Waals surface area contributed by atoms with Crippen molar-refractivity contribution in [3.05, 3.63) is 95.8 Å². The van der Waals surface area contributed by atoms with E-state index in [-0.39, 0.29) is 17.5 Å². The van der Waals surface area contributed by atoms with E-state index in [0.717, 1.165) is 22.6 Å². The lowest BCUT2D eigenvalue weighted by atomic mass is 10.0. The van der Waals surface area contributed by atoms with Crippen molar-refractivity contribution in [2.24, 2.45) is 0 Å². The minimum Gasteiger partial charge on any atom is -0.325 e. The number of thioether (sulfide) groups is 1. The number of anilines is 1. The molecule has 0 bridgehead atoms. The number of hydrogen-bond donors (Lipinski definition) is 1. The third-order valence-corrected chi connectivity index (χ3v) is 4.72. The van der Waals surface area contributed by atoms with Gasteiger partial charge in [0.15, 0.2) is 0 Å². The highest BCUT2D eigenvalue weighted by Gasteiger charge is 2.08. The van der Waals surface area contributed by atoms with Crippen molar-refractivity contribution in [1.82, 2.24) is 0 Å². The molecule has 0 fully saturated rings. The number of hydrogen-bond acceptors (Lipinski definition) is 2. The third-order valence-electron chi connectivity index (χ3n) is 3.71. The second kappa shape index (κ2) is 8.49. The number of halogens is 1. The summed E-state index contributed by atoms with van der Waals surface area (Å²) in [5, 5.41) is 2.98. The maximum atomic E-state index is 12.9. The van der Waals surface area contributed by atoms with Crippen LogP contribution in [0.5, 0.6) is 0 Å². The van der Waals surface area contributed by atoms with E-state index in [2.05, 4.69) is 17.4 Å². The van der Waals surface area contributed by atoms with E-state index >= 15 is 0 Å². The van der Waals surface area contributed by atoms with Gasteiger partial charge in [0.25, 0.3) is 0 Å². The Bertz CT molecular complexity index is 834. The molecule has 0 aliphatic carbocycles. The molecule has 0 saturated heterocycles. The maximum absolute atomic E-state index is 12.9. The van der Waals surface area contributed by atoms with E-state index in [0.29, 0.717) is 0 Å². The molecule has 0 heterocycles. The van der Waals surface area contributed by atoms with E-state index in [4.69, 9.17) is 0 Å². The smallest absolute Gasteiger partial charge is 0.234 e. The van der Waals surface area contributed by atoms with Crippen molar-refractivity contribution in [3.8, 4) is 0 Å². The van der Waals surface area contributed by atoms with Crippen LogP contribution in [0.2, 0.25) is 0 Å². The molecule has 2 nitrogen and oxygen atoms in total. The topological polar surface area (TPSA) is 29.1 Å². The van der Waals surface area contributed by atoms with Gasteiger partial charge in [-0.15, -0.1) is 11.8 Å². The summed E-state index contributed by atoms with van der Waals surface area (Å²) < 4.78 is 12.9. The molecule has 4 heteroatoms. The normalized spacial score (nSPS) is 10.4. The molecule has 3 aromatic rings. The van der Waals surface area contributed by atoms with Crippen LogP contribution < -0.4 is 5.32 Å². The summed E-state index contributed by atoms with van der Waals surface area (Å²) in [4.78, 5) is 13.1. The van der Waals surface area contributed by atoms with Gasteiger partial charge < -0.3 is 5.32 Å². The zero-order chi connectivity index (χ0) is 17.5. The van der Waals surface area contributed by atoms with Gasteiger partial charge in [0, 0.05) is 10.6 Å². The van der Waals surface area contributed by atoms with E-state index in [1.807, 2.05) is 42.5 Å². The Labute approximate surface area is 151 Å². The first kappa shape index (κ1) is 17.2. The van der Waals surface area contributed by atoms with Gasteiger partial charge in [-0.25, -0.2) is 4.39 Å². The zero-order valence-electron chi connectivity index (χ0n) is 13.6. The molecule has 0 radical (unpaired) electrons. The van der Waals surface area contributed by atoms with Crippen LogP contribution in [0.1, 0.15) is 11.1 Å². The molecular weight excluding hydrogens is 333 g/mol. The predicted octanol–water partition coefficient (Wildman–Crippen LogP) is 5.15. The highest BCUT2D eigenvalue weighted by molar-refractivity contribution is 8.00. The van der Waals surface area contributed by atoms with Gasteiger partial charge in [-0.05, 0) is 47.9 Å². The minimum atomic E-state index is -0.274. The molecular formula is C21H18FNOS. The highest BCUT2D eigenvalue weighted by Crippen LogP contribution is 2.21. The van der Waals surface area contributed by atoms with Crippen LogP contribution in [-0.4, -0.2) is 11.7 Å². The summed E-state index contributed by atoms with van der Waals surface area (Å²) in [5.41, 5.74) is 3.11. The van der Waals surface area contributed by atoms with E-state index in [1.54, 1.807) is 12.1 Å². The summed E-state index contributed by atoms with van der Waals surface area (Å²) in [5.74, 6) is -0.0656. The molecule has 1 amide bonds. The Balaban J connectivity index is 1.62. The molecule has 0 saturated carbocycles. The number of amides is 1. The predicted molar refractivity (Wildman–Crippen MR) is 101 cm³/mol. The summed E-state index contributed by atoms with van der Waals surface area (Å²) in [6.07, 6.45) is 0.766. The Hall–Kier alpha value is -2.59. The summed E-state index contributed by atoms with van der Waals surface area (Å²) in [6.45, 7) is 0. The number of nitrogens with one attached hydrogen (secondary N) is 1. The summed E-state index contributed by atoms with van der Waals surface area (Å²) >= 11 is 1.39. The lowest BCUT2D eigenvalue weighted by Gasteiger charge is -2.11. The van der Waals surface area contributed by atoms with Gasteiger partial charge in [-0.3, -0.25) is 4.79 Å². The number of para-hydroxylation sites is 1. The van der Waals surface area contributed by atoms with Crippen molar-refractivity contribution in [2.75, 3.05) is 11.1 Å². The molecule has 0 spiro atoms. The van der Waals surface area contributed by atoms with Gasteiger partial charge in [0.1, 0.15) is 5.82 Å². The first-order valence-corrected chi connectivity index (χ1v) is 8.99. The number of carbonyl (C=O) groups is 1. The Morgan fingerprint density at radius 3 is 2.32 bits per heavy atom. The summed E-state index contributed by atoms with van der Waals surface area (Å²) in [7, 11) is 0. The molecule has 3 rings (SSSR count). The first-order chi connectivity index (χ1) is 12.2. The molecule has 0 aliphatic heterocycles. The van der Waals surface area contributed by atoms with Crippen molar-refractivity contribution in [2.45, 2.75) is 11.3 Å². The molecule has 0 aromatic heterocycles. The van der Waals surface area contributed by atoms with Crippen molar-refractivity contribution < 1.29 is 9.18 Å². The minimum absolute atomic E-state index is 0.0742. The molecule has 126 valence electrons. The van der Waals surface area contributed by atoms with Crippen molar-refractivity contribution >= 4 is 23.4 Å². The van der Waals surface area contributed by atoms with Gasteiger partial charge in [-0.2, -0.15) is 0 Å². The van der Waals surface area contributed by atoms with Crippen molar-refractivity contribution in [1.29, 1.82) is 0 Å².